The first-order chi connectivity index (χ1) is 45.1. The van der Waals surface area contributed by atoms with Crippen LogP contribution >= 0.6 is 0 Å². The third kappa shape index (κ3) is 7.58. The van der Waals surface area contributed by atoms with Crippen molar-refractivity contribution in [3.8, 4) is 67.6 Å². The summed E-state index contributed by atoms with van der Waals surface area (Å²) < 4.78 is 26.0. The minimum atomic E-state index is -0.384. The highest BCUT2D eigenvalue weighted by molar-refractivity contribution is 6.24. The van der Waals surface area contributed by atoms with Crippen LogP contribution < -0.4 is 0 Å². The third-order valence-corrected chi connectivity index (χ3v) is 18.8. The summed E-state index contributed by atoms with van der Waals surface area (Å²) in [5.41, 5.74) is 20.2. The molecule has 7 heteroatoms. The van der Waals surface area contributed by atoms with E-state index >= 15 is 4.39 Å². The van der Waals surface area contributed by atoms with Crippen LogP contribution in [0.1, 0.15) is 0 Å². The Hall–Kier alpha value is -12.2. The molecule has 91 heavy (non-hydrogen) atoms. The van der Waals surface area contributed by atoms with Crippen LogP contribution in [-0.4, -0.2) is 28.2 Å². The van der Waals surface area contributed by atoms with E-state index in [2.05, 4.69) is 291 Å². The van der Waals surface area contributed by atoms with E-state index in [9.17, 15) is 0 Å². The van der Waals surface area contributed by atoms with Crippen molar-refractivity contribution in [1.29, 1.82) is 0 Å². The lowest BCUT2D eigenvalue weighted by Gasteiger charge is -2.17. The molecule has 0 amide bonds. The number of hydrogen-bond acceptors (Lipinski definition) is 2. The van der Waals surface area contributed by atoms with Crippen molar-refractivity contribution in [2.75, 3.05) is 0 Å². The molecule has 0 saturated carbocycles. The normalized spacial score (nSPS) is 12.0. The summed E-state index contributed by atoms with van der Waals surface area (Å²) in [7, 11) is 0. The number of halogens is 1. The molecule has 0 bridgehead atoms. The predicted molar refractivity (Wildman–Crippen MR) is 376 cm³/mol. The number of rotatable bonds is 8. The molecule has 19 aromatic rings. The SMILES string of the molecule is Fc1ccccc1-c1nc(-c2cc(-n3c4ccccc4c4c(-c5cccc6c5c5ccccc5n6-c5ccccc5)cccc43)cc(-n3c4ccccc4c4c(-c5cccc6c5c5ccccc5n6-c5ccccc5)cccc43)c2)c2ccc3ccccc3c2n1. The van der Waals surface area contributed by atoms with Crippen molar-refractivity contribution < 1.29 is 4.39 Å². The van der Waals surface area contributed by atoms with Gasteiger partial charge in [0.25, 0.3) is 0 Å². The monoisotopic (exact) mass is 1160 g/mol. The Balaban J connectivity index is 0.913. The van der Waals surface area contributed by atoms with Gasteiger partial charge in [0.1, 0.15) is 5.82 Å². The fourth-order valence-corrected chi connectivity index (χ4v) is 15.1. The van der Waals surface area contributed by atoms with Gasteiger partial charge >= 0.3 is 0 Å². The van der Waals surface area contributed by atoms with Crippen LogP contribution in [0.2, 0.25) is 0 Å². The fourth-order valence-electron chi connectivity index (χ4n) is 15.1. The van der Waals surface area contributed by atoms with E-state index in [4.69, 9.17) is 9.97 Å². The van der Waals surface area contributed by atoms with Crippen molar-refractivity contribution in [2.45, 2.75) is 0 Å². The van der Waals surface area contributed by atoms with Crippen LogP contribution in [0.25, 0.3) is 177 Å². The molecule has 0 spiro atoms. The third-order valence-electron chi connectivity index (χ3n) is 18.8. The van der Waals surface area contributed by atoms with Gasteiger partial charge in [0, 0.05) is 82.2 Å². The van der Waals surface area contributed by atoms with E-state index in [0.717, 1.165) is 138 Å². The van der Waals surface area contributed by atoms with E-state index in [1.54, 1.807) is 12.1 Å². The van der Waals surface area contributed by atoms with Crippen LogP contribution in [0, 0.1) is 5.82 Å². The Morgan fingerprint density at radius 3 is 1.03 bits per heavy atom. The molecule has 424 valence electrons. The zero-order valence-corrected chi connectivity index (χ0v) is 49.0. The summed E-state index contributed by atoms with van der Waals surface area (Å²) in [4.78, 5) is 10.8. The maximum atomic E-state index is 16.3. The highest BCUT2D eigenvalue weighted by Gasteiger charge is 2.26. The fraction of sp³-hybridized carbons (Fsp3) is 0. The van der Waals surface area contributed by atoms with Crippen LogP contribution in [-0.2, 0) is 0 Å². The standard InChI is InChI=1S/C84H51FN6/c85-69-38-14-9-29-63(69)84-86-82(68-48-47-52-23-7-8-28-58(52)83(68)87-84)53-49-56(90-72-41-17-12-32-66(72)80-61(36-21-45-76(80)90)59-34-19-43-74-78(59)64-30-10-15-39-70(64)88(74)54-24-3-1-4-25-54)51-57(50-53)91-73-42-18-13-33-67(73)81-62(37-22-46-77(81)91)60-35-20-44-75-79(60)65-31-11-16-40-71(65)89(75)55-26-5-2-6-27-55/h1-51H. The molecule has 0 aliphatic rings. The maximum Gasteiger partial charge on any atom is 0.163 e. The Kier molecular flexibility index (Phi) is 11.1. The maximum absolute atomic E-state index is 16.3. The Bertz CT molecular complexity index is 5930. The van der Waals surface area contributed by atoms with Gasteiger partial charge in [0.2, 0.25) is 0 Å². The zero-order chi connectivity index (χ0) is 59.8. The summed E-state index contributed by atoms with van der Waals surface area (Å²) in [6.45, 7) is 0. The van der Waals surface area contributed by atoms with Crippen LogP contribution in [0.4, 0.5) is 4.39 Å². The lowest BCUT2D eigenvalue weighted by Crippen LogP contribution is -2.02. The van der Waals surface area contributed by atoms with E-state index in [1.807, 2.05) is 18.2 Å². The van der Waals surface area contributed by atoms with Gasteiger partial charge in [-0.15, -0.1) is 0 Å². The molecular weight excluding hydrogens is 1110 g/mol. The van der Waals surface area contributed by atoms with Gasteiger partial charge in [-0.1, -0.05) is 200 Å². The predicted octanol–water partition coefficient (Wildman–Crippen LogP) is 22.0. The number of benzene rings is 14. The number of para-hydroxylation sites is 6. The zero-order valence-electron chi connectivity index (χ0n) is 49.0. The summed E-state index contributed by atoms with van der Waals surface area (Å²) in [5, 5.41) is 12.2. The molecular formula is C84H51FN6. The first-order valence-corrected chi connectivity index (χ1v) is 30.9. The van der Waals surface area contributed by atoms with Gasteiger partial charge in [0.05, 0.1) is 60.9 Å². The second kappa shape index (κ2) is 19.9. The van der Waals surface area contributed by atoms with E-state index in [1.165, 1.54) is 27.6 Å². The lowest BCUT2D eigenvalue weighted by molar-refractivity contribution is 0.630. The molecule has 0 saturated heterocycles. The van der Waals surface area contributed by atoms with E-state index in [-0.39, 0.29) is 5.82 Å². The van der Waals surface area contributed by atoms with E-state index < -0.39 is 0 Å². The molecule has 14 aromatic carbocycles. The van der Waals surface area contributed by atoms with Gasteiger partial charge in [0.15, 0.2) is 5.82 Å². The second-order valence-corrected chi connectivity index (χ2v) is 23.7. The minimum Gasteiger partial charge on any atom is -0.309 e. The van der Waals surface area contributed by atoms with Gasteiger partial charge in [-0.3, -0.25) is 0 Å². The summed E-state index contributed by atoms with van der Waals surface area (Å²) in [6, 6.07) is 110. The molecule has 0 unspecified atom stereocenters. The van der Waals surface area contributed by atoms with Gasteiger partial charge < -0.3 is 18.3 Å². The largest absolute Gasteiger partial charge is 0.309 e. The van der Waals surface area contributed by atoms with Crippen molar-refractivity contribution in [3.05, 3.63) is 315 Å². The summed E-state index contributed by atoms with van der Waals surface area (Å²) in [5.74, 6) is -0.0669. The Morgan fingerprint density at radius 1 is 0.242 bits per heavy atom. The van der Waals surface area contributed by atoms with Crippen molar-refractivity contribution in [2.24, 2.45) is 0 Å². The Morgan fingerprint density at radius 2 is 0.593 bits per heavy atom. The average Bonchev–Trinajstić information content (AvgIpc) is 1.61. The topological polar surface area (TPSA) is 45.5 Å². The molecule has 0 radical (unpaired) electrons. The summed E-state index contributed by atoms with van der Waals surface area (Å²) in [6.07, 6.45) is 0. The van der Waals surface area contributed by atoms with Crippen LogP contribution in [0.3, 0.4) is 0 Å². The highest BCUT2D eigenvalue weighted by atomic mass is 19.1. The van der Waals surface area contributed by atoms with E-state index in [0.29, 0.717) is 17.1 Å². The molecule has 0 aliphatic carbocycles. The molecule has 5 aromatic heterocycles. The first kappa shape index (κ1) is 50.9. The lowest BCUT2D eigenvalue weighted by atomic mass is 9.95. The van der Waals surface area contributed by atoms with Crippen LogP contribution in [0.15, 0.2) is 309 Å². The number of nitrogens with zero attached hydrogens (tertiary/aromatic N) is 6. The second-order valence-electron chi connectivity index (χ2n) is 23.7. The quantitative estimate of drug-likeness (QED) is 0.142. The molecule has 6 nitrogen and oxygen atoms in total. The molecule has 0 N–H and O–H groups in total. The Labute approximate surface area is 521 Å². The first-order valence-electron chi connectivity index (χ1n) is 30.9. The number of fused-ring (bicyclic) bond motifs is 15. The molecule has 19 rings (SSSR count). The highest BCUT2D eigenvalue weighted by Crippen LogP contribution is 2.48. The van der Waals surface area contributed by atoms with Gasteiger partial charge in [-0.2, -0.15) is 0 Å². The number of aromatic nitrogens is 6. The van der Waals surface area contributed by atoms with Crippen molar-refractivity contribution >= 4 is 109 Å². The molecule has 5 heterocycles. The van der Waals surface area contributed by atoms with Gasteiger partial charge in [-0.05, 0) is 137 Å². The smallest absolute Gasteiger partial charge is 0.163 e. The van der Waals surface area contributed by atoms with Crippen LogP contribution in [0.5, 0.6) is 0 Å². The average molecular weight is 1160 g/mol. The molecule has 0 fully saturated rings. The van der Waals surface area contributed by atoms with Crippen molar-refractivity contribution in [3.63, 3.8) is 0 Å². The number of hydrogen-bond donors (Lipinski definition) is 0. The van der Waals surface area contributed by atoms with Crippen molar-refractivity contribution in [1.82, 2.24) is 28.2 Å². The molecule has 0 aliphatic heterocycles. The van der Waals surface area contributed by atoms with Gasteiger partial charge in [-0.25, -0.2) is 14.4 Å². The molecule has 0 atom stereocenters. The minimum absolute atomic E-state index is 0.317. The summed E-state index contributed by atoms with van der Waals surface area (Å²) >= 11 is 0.